The summed E-state index contributed by atoms with van der Waals surface area (Å²) in [6.07, 6.45) is 0. The molecule has 0 atom stereocenters. The second-order valence-electron chi connectivity index (χ2n) is 12.9. The van der Waals surface area contributed by atoms with Gasteiger partial charge in [-0.25, -0.2) is 15.0 Å². The Kier molecular flexibility index (Phi) is 5.60. The van der Waals surface area contributed by atoms with Crippen LogP contribution in [0.2, 0.25) is 0 Å². The molecule has 0 aliphatic carbocycles. The number of nitrogens with zero attached hydrogens (tertiary/aromatic N) is 4. The minimum atomic E-state index is 0.855. The van der Waals surface area contributed by atoms with Crippen molar-refractivity contribution >= 4 is 43.9 Å². The van der Waals surface area contributed by atoms with Gasteiger partial charge in [0.2, 0.25) is 0 Å². The highest BCUT2D eigenvalue weighted by Gasteiger charge is 2.32. The van der Waals surface area contributed by atoms with Gasteiger partial charge in [-0.05, 0) is 60.2 Å². The third-order valence-corrected chi connectivity index (χ3v) is 10.1. The van der Waals surface area contributed by atoms with E-state index in [2.05, 4.69) is 166 Å². The highest BCUT2D eigenvalue weighted by molar-refractivity contribution is 6.24. The first-order chi connectivity index (χ1) is 24.8. The van der Waals surface area contributed by atoms with Crippen LogP contribution in [0.4, 0.5) is 0 Å². The van der Waals surface area contributed by atoms with E-state index in [9.17, 15) is 0 Å². The first kappa shape index (κ1) is 27.1. The monoisotopic (exact) mass is 638 g/mol. The second-order valence-corrected chi connectivity index (χ2v) is 12.9. The fourth-order valence-electron chi connectivity index (χ4n) is 7.97. The van der Waals surface area contributed by atoms with E-state index in [0.29, 0.717) is 0 Å². The van der Waals surface area contributed by atoms with Gasteiger partial charge in [-0.1, -0.05) is 109 Å². The number of benzene rings is 7. The van der Waals surface area contributed by atoms with Crippen molar-refractivity contribution in [1.29, 1.82) is 0 Å². The van der Waals surface area contributed by atoms with Gasteiger partial charge in [-0.15, -0.1) is 0 Å². The highest BCUT2D eigenvalue weighted by Crippen LogP contribution is 2.45. The average Bonchev–Trinajstić information content (AvgIpc) is 3.70. The topological polar surface area (TPSA) is 50.4 Å². The second kappa shape index (κ2) is 10.3. The van der Waals surface area contributed by atoms with Gasteiger partial charge in [0.25, 0.3) is 5.82 Å². The van der Waals surface area contributed by atoms with Crippen molar-refractivity contribution in [3.8, 4) is 56.4 Å². The number of hydrogen-bond donors (Lipinski definition) is 1. The minimum absolute atomic E-state index is 0.855. The van der Waals surface area contributed by atoms with E-state index in [1.54, 1.807) is 0 Å². The van der Waals surface area contributed by atoms with Gasteiger partial charge in [0.15, 0.2) is 11.0 Å². The van der Waals surface area contributed by atoms with Crippen LogP contribution in [0.25, 0.3) is 100 Å². The molecule has 3 aromatic heterocycles. The van der Waals surface area contributed by atoms with Crippen molar-refractivity contribution in [1.82, 2.24) is 19.5 Å². The lowest BCUT2D eigenvalue weighted by molar-refractivity contribution is -0.553. The Morgan fingerprint density at radius 2 is 1.10 bits per heavy atom. The lowest BCUT2D eigenvalue weighted by Gasteiger charge is -2.13. The predicted octanol–water partition coefficient (Wildman–Crippen LogP) is 10.5. The van der Waals surface area contributed by atoms with E-state index in [1.807, 2.05) is 12.1 Å². The lowest BCUT2D eigenvalue weighted by atomic mass is 9.99. The Morgan fingerprint density at radius 3 is 1.84 bits per heavy atom. The van der Waals surface area contributed by atoms with Gasteiger partial charge in [0.05, 0.1) is 44.4 Å². The Hall–Kier alpha value is -6.85. The van der Waals surface area contributed by atoms with Crippen molar-refractivity contribution in [3.05, 3.63) is 164 Å². The third kappa shape index (κ3) is 3.80. The number of imidazole rings is 1. The molecule has 1 N–H and O–H groups in total. The molecule has 5 heteroatoms. The molecule has 50 heavy (non-hydrogen) atoms. The van der Waals surface area contributed by atoms with Crippen LogP contribution in [0.5, 0.6) is 0 Å². The number of para-hydroxylation sites is 1. The molecule has 0 fully saturated rings. The molecule has 0 spiro atoms. The summed E-state index contributed by atoms with van der Waals surface area (Å²) in [5.41, 5.74) is 16.0. The zero-order chi connectivity index (χ0) is 32.8. The number of aromatic amines is 1. The Morgan fingerprint density at radius 1 is 0.480 bits per heavy atom. The summed E-state index contributed by atoms with van der Waals surface area (Å²) in [6.45, 7) is 0. The number of aromatic nitrogens is 5. The molecule has 1 aliphatic rings. The van der Waals surface area contributed by atoms with Crippen LogP contribution in [0.3, 0.4) is 0 Å². The van der Waals surface area contributed by atoms with Crippen LogP contribution in [0, 0.1) is 0 Å². The van der Waals surface area contributed by atoms with Crippen molar-refractivity contribution in [2.24, 2.45) is 0 Å². The van der Waals surface area contributed by atoms with Crippen LogP contribution in [-0.4, -0.2) is 19.5 Å². The van der Waals surface area contributed by atoms with Crippen molar-refractivity contribution in [2.75, 3.05) is 0 Å². The van der Waals surface area contributed by atoms with Gasteiger partial charge in [0, 0.05) is 27.8 Å². The molecule has 0 radical (unpaired) electrons. The summed E-state index contributed by atoms with van der Waals surface area (Å²) in [5.74, 6) is 1.07. The molecule has 0 saturated heterocycles. The molecule has 0 saturated carbocycles. The molecule has 0 bridgehead atoms. The van der Waals surface area contributed by atoms with Gasteiger partial charge in [0.1, 0.15) is 5.69 Å². The molecule has 4 heterocycles. The zero-order valence-corrected chi connectivity index (χ0v) is 26.9. The van der Waals surface area contributed by atoms with Gasteiger partial charge in [-0.2, -0.15) is 4.57 Å². The molecule has 5 nitrogen and oxygen atoms in total. The zero-order valence-electron chi connectivity index (χ0n) is 26.9. The maximum Gasteiger partial charge on any atom is 0.292 e. The Labute approximate surface area is 287 Å². The summed E-state index contributed by atoms with van der Waals surface area (Å²) in [6, 6.07) is 57.8. The van der Waals surface area contributed by atoms with Crippen LogP contribution in [0.1, 0.15) is 0 Å². The van der Waals surface area contributed by atoms with E-state index in [0.717, 1.165) is 67.2 Å². The summed E-state index contributed by atoms with van der Waals surface area (Å²) in [7, 11) is 0. The average molecular weight is 639 g/mol. The smallest absolute Gasteiger partial charge is 0.292 e. The number of fused-ring (bicyclic) bond motifs is 4. The Balaban J connectivity index is 1.22. The molecule has 11 rings (SSSR count). The van der Waals surface area contributed by atoms with Gasteiger partial charge >= 0.3 is 0 Å². The van der Waals surface area contributed by atoms with Crippen molar-refractivity contribution in [2.45, 2.75) is 0 Å². The molecular formula is C45H28N5+. The van der Waals surface area contributed by atoms with Gasteiger partial charge < -0.3 is 4.57 Å². The number of hydrogen-bond acceptors (Lipinski definition) is 2. The minimum Gasteiger partial charge on any atom is -0.309 e. The highest BCUT2D eigenvalue weighted by atomic mass is 15.1. The fraction of sp³-hybridized carbons (Fsp3) is 0. The van der Waals surface area contributed by atoms with Crippen LogP contribution >= 0.6 is 0 Å². The van der Waals surface area contributed by atoms with Crippen LogP contribution in [-0.2, 0) is 0 Å². The quantitative estimate of drug-likeness (QED) is 0.195. The van der Waals surface area contributed by atoms with E-state index in [4.69, 9.17) is 9.97 Å². The summed E-state index contributed by atoms with van der Waals surface area (Å²) >= 11 is 0. The van der Waals surface area contributed by atoms with E-state index >= 15 is 0 Å². The maximum absolute atomic E-state index is 5.33. The van der Waals surface area contributed by atoms with E-state index in [1.165, 1.54) is 33.1 Å². The molecule has 0 amide bonds. The molecular weight excluding hydrogens is 611 g/mol. The Bertz CT molecular complexity index is 2960. The summed E-state index contributed by atoms with van der Waals surface area (Å²) in [4.78, 5) is 14.4. The lowest BCUT2D eigenvalue weighted by Crippen LogP contribution is -2.32. The van der Waals surface area contributed by atoms with Crippen LogP contribution in [0.15, 0.2) is 164 Å². The molecule has 232 valence electrons. The largest absolute Gasteiger partial charge is 0.309 e. The first-order valence-electron chi connectivity index (χ1n) is 16.9. The number of nitrogens with one attached hydrogen (secondary N) is 1. The summed E-state index contributed by atoms with van der Waals surface area (Å²) < 4.78 is 4.82. The molecule has 10 aromatic rings. The normalized spacial score (nSPS) is 12.0. The maximum atomic E-state index is 5.33. The molecule has 0 unspecified atom stereocenters. The standard InChI is InChI=1S/C45H27N5/c1-4-13-28(14-5-1)42-43(29-15-6-2-7-16-29)47-36-27-31(23-24-34(36)46-42)49-38-22-12-20-33-32-19-10-11-21-37(32)50-44-35(25-26-39(49)41(44)40(33)38)48-45(50)30-17-8-3-9-18-30/h1-27H/p+1. The van der Waals surface area contributed by atoms with Crippen molar-refractivity contribution < 1.29 is 4.57 Å². The molecule has 7 aromatic carbocycles. The third-order valence-electron chi connectivity index (χ3n) is 10.1. The van der Waals surface area contributed by atoms with Gasteiger partial charge in [-0.3, -0.25) is 0 Å². The first-order valence-corrected chi connectivity index (χ1v) is 16.9. The van der Waals surface area contributed by atoms with E-state index < -0.39 is 0 Å². The number of H-pyrrole nitrogens is 1. The summed E-state index contributed by atoms with van der Waals surface area (Å²) in [5, 5.41) is 2.49. The fourth-order valence-corrected chi connectivity index (χ4v) is 7.97. The number of rotatable bonds is 4. The predicted molar refractivity (Wildman–Crippen MR) is 203 cm³/mol. The van der Waals surface area contributed by atoms with E-state index in [-0.39, 0.29) is 0 Å². The SMILES string of the molecule is c1ccc(-c2nc3ccc(-n4c5cccc6c5c5c4ccc4[nH]c(-c7ccccc7)[n+](c45)-c4ccccc4-6)cc3nc2-c2ccccc2)cc1. The molecule has 1 aliphatic heterocycles. The van der Waals surface area contributed by atoms with Crippen molar-refractivity contribution in [3.63, 3.8) is 0 Å². The van der Waals surface area contributed by atoms with Crippen LogP contribution < -0.4 is 4.57 Å².